The minimum Gasteiger partial charge on any atom is -0.480 e. The molecule has 64 valence electrons. The van der Waals surface area contributed by atoms with Crippen molar-refractivity contribution in [2.45, 2.75) is 26.2 Å². The number of carbonyl (C=O) groups is 1. The van der Waals surface area contributed by atoms with E-state index < -0.39 is 5.97 Å². The number of nitrogens with zero attached hydrogens (tertiary/aromatic N) is 2. The molecule has 0 atom stereocenters. The van der Waals surface area contributed by atoms with E-state index in [1.54, 1.807) is 0 Å². The van der Waals surface area contributed by atoms with Crippen molar-refractivity contribution in [3.8, 4) is 0 Å². The maximum atomic E-state index is 9.93. The van der Waals surface area contributed by atoms with Gasteiger partial charge in [0, 0.05) is 0 Å². The van der Waals surface area contributed by atoms with Gasteiger partial charge in [-0.3, -0.25) is 4.79 Å². The van der Waals surface area contributed by atoms with Crippen LogP contribution in [0.2, 0.25) is 0 Å². The quantitative estimate of drug-likeness (QED) is 0.472. The zero-order valence-corrected chi connectivity index (χ0v) is 6.79. The van der Waals surface area contributed by atoms with Crippen LogP contribution >= 0.6 is 0 Å². The molecule has 1 N–H and O–H groups in total. The summed E-state index contributed by atoms with van der Waals surface area (Å²) < 4.78 is 0. The van der Waals surface area contributed by atoms with Crippen LogP contribution in [-0.2, 0) is 4.79 Å². The van der Waals surface area contributed by atoms with Gasteiger partial charge in [-0.25, -0.2) is 0 Å². The van der Waals surface area contributed by atoms with E-state index in [1.165, 1.54) is 0 Å². The third-order valence-electron chi connectivity index (χ3n) is 1.17. The Hall–Kier alpha value is -0.930. The number of carboxylic acid groups (broad SMARTS) is 1. The standard InChI is InChI=1S/C7H14N2O2/c1-2-3-4-5-8-9-6-7(10)11/h2-6H2,1H3,(H,10,11)/b9-8+. The summed E-state index contributed by atoms with van der Waals surface area (Å²) in [5.74, 6) is -0.927. The minimum atomic E-state index is -0.927. The van der Waals surface area contributed by atoms with E-state index >= 15 is 0 Å². The molecule has 4 heteroatoms. The second-order valence-electron chi connectivity index (χ2n) is 2.27. The molecule has 0 bridgehead atoms. The Bertz CT molecular complexity index is 134. The van der Waals surface area contributed by atoms with Gasteiger partial charge < -0.3 is 5.11 Å². The zero-order chi connectivity index (χ0) is 8.53. The highest BCUT2D eigenvalue weighted by Gasteiger charge is 1.90. The van der Waals surface area contributed by atoms with E-state index in [4.69, 9.17) is 5.11 Å². The van der Waals surface area contributed by atoms with Gasteiger partial charge in [0.05, 0.1) is 6.54 Å². The van der Waals surface area contributed by atoms with Gasteiger partial charge in [0.15, 0.2) is 6.54 Å². The van der Waals surface area contributed by atoms with Gasteiger partial charge in [0.25, 0.3) is 0 Å². The fourth-order valence-electron chi connectivity index (χ4n) is 0.614. The van der Waals surface area contributed by atoms with Crippen molar-refractivity contribution < 1.29 is 9.90 Å². The molecule has 0 fully saturated rings. The van der Waals surface area contributed by atoms with Gasteiger partial charge in [-0.1, -0.05) is 19.8 Å². The molecule has 0 amide bonds. The maximum absolute atomic E-state index is 9.93. The highest BCUT2D eigenvalue weighted by molar-refractivity contribution is 5.68. The Morgan fingerprint density at radius 2 is 2.09 bits per heavy atom. The van der Waals surface area contributed by atoms with E-state index in [9.17, 15) is 4.79 Å². The smallest absolute Gasteiger partial charge is 0.327 e. The van der Waals surface area contributed by atoms with Crippen molar-refractivity contribution >= 4 is 5.97 Å². The van der Waals surface area contributed by atoms with Crippen LogP contribution in [-0.4, -0.2) is 24.2 Å². The molecule has 0 aromatic heterocycles. The van der Waals surface area contributed by atoms with E-state index in [0.29, 0.717) is 6.54 Å². The fourth-order valence-corrected chi connectivity index (χ4v) is 0.614. The van der Waals surface area contributed by atoms with Gasteiger partial charge in [-0.2, -0.15) is 10.2 Å². The Morgan fingerprint density at radius 3 is 2.64 bits per heavy atom. The lowest BCUT2D eigenvalue weighted by Crippen LogP contribution is -1.98. The second-order valence-corrected chi connectivity index (χ2v) is 2.27. The Labute approximate surface area is 66.3 Å². The second kappa shape index (κ2) is 7.18. The van der Waals surface area contributed by atoms with Gasteiger partial charge in [0.1, 0.15) is 0 Å². The van der Waals surface area contributed by atoms with Crippen LogP contribution in [0.5, 0.6) is 0 Å². The summed E-state index contributed by atoms with van der Waals surface area (Å²) in [7, 11) is 0. The van der Waals surface area contributed by atoms with Gasteiger partial charge >= 0.3 is 5.97 Å². The number of azo groups is 1. The molecule has 0 aromatic carbocycles. The number of hydrogen-bond donors (Lipinski definition) is 1. The first-order valence-corrected chi connectivity index (χ1v) is 3.82. The molecule has 0 spiro atoms. The first-order valence-electron chi connectivity index (χ1n) is 3.82. The summed E-state index contributed by atoms with van der Waals surface area (Å²) in [5, 5.41) is 15.3. The van der Waals surface area contributed by atoms with Crippen LogP contribution < -0.4 is 0 Å². The first-order chi connectivity index (χ1) is 5.27. The number of rotatable bonds is 6. The van der Waals surface area contributed by atoms with Crippen LogP contribution in [0.25, 0.3) is 0 Å². The monoisotopic (exact) mass is 158 g/mol. The lowest BCUT2D eigenvalue weighted by atomic mass is 10.3. The third-order valence-corrected chi connectivity index (χ3v) is 1.17. The largest absolute Gasteiger partial charge is 0.480 e. The number of unbranched alkanes of at least 4 members (excludes halogenated alkanes) is 2. The fraction of sp³-hybridized carbons (Fsp3) is 0.857. The van der Waals surface area contributed by atoms with Crippen LogP contribution in [0.15, 0.2) is 10.2 Å². The average Bonchev–Trinajstić information content (AvgIpc) is 1.96. The predicted octanol–water partition coefficient (Wildman–Crippen LogP) is 1.71. The molecule has 0 aliphatic heterocycles. The first kappa shape index (κ1) is 10.1. The van der Waals surface area contributed by atoms with E-state index in [2.05, 4.69) is 17.2 Å². The van der Waals surface area contributed by atoms with Crippen molar-refractivity contribution in [1.29, 1.82) is 0 Å². The summed E-state index contributed by atoms with van der Waals surface area (Å²) in [4.78, 5) is 9.93. The molecule has 0 aromatic rings. The number of carboxylic acids is 1. The summed E-state index contributed by atoms with van der Waals surface area (Å²) in [6.07, 6.45) is 3.28. The van der Waals surface area contributed by atoms with Gasteiger partial charge in [0.2, 0.25) is 0 Å². The summed E-state index contributed by atoms with van der Waals surface area (Å²) in [5.41, 5.74) is 0. The number of aliphatic carboxylic acids is 1. The lowest BCUT2D eigenvalue weighted by molar-refractivity contribution is -0.135. The molecule has 0 rings (SSSR count). The normalized spacial score (nSPS) is 10.6. The molecule has 0 unspecified atom stereocenters. The van der Waals surface area contributed by atoms with Crippen LogP contribution in [0.3, 0.4) is 0 Å². The molecule has 0 aliphatic carbocycles. The number of hydrogen-bond acceptors (Lipinski definition) is 3. The molecule has 0 radical (unpaired) electrons. The van der Waals surface area contributed by atoms with E-state index in [0.717, 1.165) is 19.3 Å². The maximum Gasteiger partial charge on any atom is 0.327 e. The molecule has 0 saturated carbocycles. The Morgan fingerprint density at radius 1 is 1.36 bits per heavy atom. The minimum absolute atomic E-state index is 0.202. The molecule has 4 nitrogen and oxygen atoms in total. The molecular formula is C7H14N2O2. The zero-order valence-electron chi connectivity index (χ0n) is 6.79. The van der Waals surface area contributed by atoms with Crippen LogP contribution in [0.1, 0.15) is 26.2 Å². The summed E-state index contributed by atoms with van der Waals surface area (Å²) in [6.45, 7) is 2.56. The predicted molar refractivity (Wildman–Crippen MR) is 41.8 cm³/mol. The molecular weight excluding hydrogens is 144 g/mol. The molecule has 0 saturated heterocycles. The highest BCUT2D eigenvalue weighted by Crippen LogP contribution is 1.93. The SMILES string of the molecule is CCCCC/N=N/CC(=O)O. The van der Waals surface area contributed by atoms with Crippen molar-refractivity contribution in [2.24, 2.45) is 10.2 Å². The summed E-state index contributed by atoms with van der Waals surface area (Å²) in [6, 6.07) is 0. The van der Waals surface area contributed by atoms with Crippen molar-refractivity contribution in [3.05, 3.63) is 0 Å². The molecule has 11 heavy (non-hydrogen) atoms. The third kappa shape index (κ3) is 9.07. The molecule has 0 heterocycles. The topological polar surface area (TPSA) is 62.0 Å². The van der Waals surface area contributed by atoms with Crippen molar-refractivity contribution in [1.82, 2.24) is 0 Å². The van der Waals surface area contributed by atoms with Crippen LogP contribution in [0.4, 0.5) is 0 Å². The van der Waals surface area contributed by atoms with Crippen molar-refractivity contribution in [2.75, 3.05) is 13.1 Å². The lowest BCUT2D eigenvalue weighted by Gasteiger charge is -1.89. The molecule has 0 aliphatic rings. The van der Waals surface area contributed by atoms with Gasteiger partial charge in [-0.05, 0) is 6.42 Å². The van der Waals surface area contributed by atoms with E-state index in [-0.39, 0.29) is 6.54 Å². The van der Waals surface area contributed by atoms with Crippen LogP contribution in [0, 0.1) is 0 Å². The van der Waals surface area contributed by atoms with Crippen molar-refractivity contribution in [3.63, 3.8) is 0 Å². The highest BCUT2D eigenvalue weighted by atomic mass is 16.4. The Balaban J connectivity index is 3.10. The Kier molecular flexibility index (Phi) is 6.57. The van der Waals surface area contributed by atoms with E-state index in [1.807, 2.05) is 0 Å². The average molecular weight is 158 g/mol. The van der Waals surface area contributed by atoms with Gasteiger partial charge in [-0.15, -0.1) is 0 Å². The summed E-state index contributed by atoms with van der Waals surface area (Å²) >= 11 is 0.